The van der Waals surface area contributed by atoms with E-state index in [-0.39, 0.29) is 6.54 Å². The largest absolute Gasteiger partial charge is 0.325 e. The molecule has 0 radical (unpaired) electrons. The summed E-state index contributed by atoms with van der Waals surface area (Å²) in [6.07, 6.45) is 0. The van der Waals surface area contributed by atoms with Crippen LogP contribution in [0.5, 0.6) is 0 Å². The summed E-state index contributed by atoms with van der Waals surface area (Å²) in [6.45, 7) is 1.31. The van der Waals surface area contributed by atoms with Gasteiger partial charge in [0.05, 0.1) is 0 Å². The number of imide groups is 1. The Labute approximate surface area is 181 Å². The second kappa shape index (κ2) is 7.47. The summed E-state index contributed by atoms with van der Waals surface area (Å²) >= 11 is 2.15. The lowest BCUT2D eigenvalue weighted by Gasteiger charge is -2.22. The number of carbonyl (C=O) groups excluding carboxylic acids is 3. The highest BCUT2D eigenvalue weighted by Crippen LogP contribution is 2.31. The van der Waals surface area contributed by atoms with E-state index in [1.54, 1.807) is 13.0 Å². The van der Waals surface area contributed by atoms with Crippen LogP contribution in [-0.4, -0.2) is 29.3 Å². The average molecular weight is 499 g/mol. The standard InChI is InChI=1S/C22H18IN3O3/c1-22(16-10-9-14-5-2-3-6-15(14)11-16)20(28)26(21(29)25-22)13-19(27)24-18-8-4-7-17(23)12-18/h2-12H,13H2,1H3,(H,24,27)(H,25,29). The number of carbonyl (C=O) groups is 3. The number of nitrogens with one attached hydrogen (secondary N) is 2. The van der Waals surface area contributed by atoms with Crippen LogP contribution in [0, 0.1) is 3.57 Å². The summed E-state index contributed by atoms with van der Waals surface area (Å²) in [5.74, 6) is -0.881. The highest BCUT2D eigenvalue weighted by Gasteiger charge is 2.49. The van der Waals surface area contributed by atoms with E-state index in [0.717, 1.165) is 19.2 Å². The molecule has 4 rings (SSSR count). The fourth-order valence-corrected chi connectivity index (χ4v) is 3.99. The normalized spacial score (nSPS) is 18.8. The summed E-state index contributed by atoms with van der Waals surface area (Å²) < 4.78 is 0.972. The highest BCUT2D eigenvalue weighted by molar-refractivity contribution is 14.1. The van der Waals surface area contributed by atoms with Crippen LogP contribution in [0.2, 0.25) is 0 Å². The number of nitrogens with zero attached hydrogens (tertiary/aromatic N) is 1. The molecule has 1 aliphatic heterocycles. The highest BCUT2D eigenvalue weighted by atomic mass is 127. The first kappa shape index (κ1) is 19.4. The van der Waals surface area contributed by atoms with E-state index in [4.69, 9.17) is 0 Å². The molecule has 3 aromatic rings. The molecule has 0 bridgehead atoms. The summed E-state index contributed by atoms with van der Waals surface area (Å²) in [7, 11) is 0. The minimum absolute atomic E-state index is 0.348. The third kappa shape index (κ3) is 3.69. The molecule has 1 fully saturated rings. The van der Waals surface area contributed by atoms with Gasteiger partial charge in [-0.2, -0.15) is 0 Å². The van der Waals surface area contributed by atoms with Crippen molar-refractivity contribution in [3.05, 3.63) is 75.9 Å². The van der Waals surface area contributed by atoms with E-state index in [2.05, 4.69) is 33.2 Å². The van der Waals surface area contributed by atoms with Crippen molar-refractivity contribution >= 4 is 56.9 Å². The molecule has 6 nitrogen and oxygen atoms in total. The van der Waals surface area contributed by atoms with Crippen molar-refractivity contribution in [2.24, 2.45) is 0 Å². The van der Waals surface area contributed by atoms with Gasteiger partial charge in [0.15, 0.2) is 0 Å². The van der Waals surface area contributed by atoms with E-state index in [9.17, 15) is 14.4 Å². The van der Waals surface area contributed by atoms with Gasteiger partial charge in [-0.3, -0.25) is 14.5 Å². The van der Waals surface area contributed by atoms with E-state index in [1.165, 1.54) is 0 Å². The van der Waals surface area contributed by atoms with Crippen LogP contribution >= 0.6 is 22.6 Å². The molecule has 7 heteroatoms. The van der Waals surface area contributed by atoms with Gasteiger partial charge in [0.25, 0.3) is 5.91 Å². The Morgan fingerprint density at radius 1 is 1.03 bits per heavy atom. The van der Waals surface area contributed by atoms with Gasteiger partial charge < -0.3 is 10.6 Å². The molecule has 1 heterocycles. The Kier molecular flexibility index (Phi) is 4.99. The van der Waals surface area contributed by atoms with Gasteiger partial charge in [-0.25, -0.2) is 4.79 Å². The lowest BCUT2D eigenvalue weighted by atomic mass is 9.90. The van der Waals surface area contributed by atoms with E-state index >= 15 is 0 Å². The molecule has 4 amide bonds. The Balaban J connectivity index is 1.55. The summed E-state index contributed by atoms with van der Waals surface area (Å²) in [5.41, 5.74) is 0.0742. The number of rotatable bonds is 4. The van der Waals surface area contributed by atoms with Crippen LogP contribution in [0.25, 0.3) is 10.8 Å². The van der Waals surface area contributed by atoms with Crippen molar-refractivity contribution in [3.63, 3.8) is 0 Å². The smallest absolute Gasteiger partial charge is 0.324 e. The predicted molar refractivity (Wildman–Crippen MR) is 119 cm³/mol. The van der Waals surface area contributed by atoms with Crippen molar-refractivity contribution in [2.75, 3.05) is 11.9 Å². The molecule has 2 N–H and O–H groups in total. The Morgan fingerprint density at radius 3 is 2.55 bits per heavy atom. The van der Waals surface area contributed by atoms with Crippen molar-refractivity contribution in [1.82, 2.24) is 10.2 Å². The Hall–Kier alpha value is -2.94. The van der Waals surface area contributed by atoms with E-state index in [1.807, 2.05) is 60.7 Å². The van der Waals surface area contributed by atoms with Gasteiger partial charge in [0, 0.05) is 9.26 Å². The van der Waals surface area contributed by atoms with Crippen LogP contribution < -0.4 is 10.6 Å². The number of halogens is 1. The maximum atomic E-state index is 13.1. The Morgan fingerprint density at radius 2 is 1.79 bits per heavy atom. The van der Waals surface area contributed by atoms with Crippen LogP contribution in [0.3, 0.4) is 0 Å². The van der Waals surface area contributed by atoms with Crippen LogP contribution in [0.1, 0.15) is 12.5 Å². The molecule has 0 saturated carbocycles. The number of hydrogen-bond donors (Lipinski definition) is 2. The zero-order valence-electron chi connectivity index (χ0n) is 15.6. The number of amides is 4. The van der Waals surface area contributed by atoms with Crippen molar-refractivity contribution in [1.29, 1.82) is 0 Å². The molecule has 0 aromatic heterocycles. The summed E-state index contributed by atoms with van der Waals surface area (Å²) in [5, 5.41) is 7.49. The summed E-state index contributed by atoms with van der Waals surface area (Å²) in [6, 6.07) is 20.2. The predicted octanol–water partition coefficient (Wildman–Crippen LogP) is 3.85. The fraction of sp³-hybridized carbons (Fsp3) is 0.136. The van der Waals surface area contributed by atoms with Gasteiger partial charge in [-0.1, -0.05) is 42.5 Å². The van der Waals surface area contributed by atoms with Crippen LogP contribution in [0.4, 0.5) is 10.5 Å². The third-order valence-electron chi connectivity index (χ3n) is 5.01. The number of benzene rings is 3. The first-order valence-electron chi connectivity index (χ1n) is 9.06. The number of urea groups is 1. The third-order valence-corrected chi connectivity index (χ3v) is 5.68. The molecule has 3 aromatic carbocycles. The van der Waals surface area contributed by atoms with E-state index in [0.29, 0.717) is 11.3 Å². The molecular formula is C22H18IN3O3. The minimum Gasteiger partial charge on any atom is -0.324 e. The van der Waals surface area contributed by atoms with Gasteiger partial charge >= 0.3 is 6.03 Å². The molecule has 146 valence electrons. The molecule has 29 heavy (non-hydrogen) atoms. The zero-order valence-corrected chi connectivity index (χ0v) is 17.8. The van der Waals surface area contributed by atoms with Crippen molar-refractivity contribution < 1.29 is 14.4 Å². The maximum Gasteiger partial charge on any atom is 0.325 e. The topological polar surface area (TPSA) is 78.5 Å². The first-order chi connectivity index (χ1) is 13.9. The number of hydrogen-bond acceptors (Lipinski definition) is 3. The van der Waals surface area contributed by atoms with Crippen LogP contribution in [-0.2, 0) is 15.1 Å². The van der Waals surface area contributed by atoms with E-state index < -0.39 is 23.4 Å². The lowest BCUT2D eigenvalue weighted by Crippen LogP contribution is -2.42. The number of fused-ring (bicyclic) bond motifs is 1. The first-order valence-corrected chi connectivity index (χ1v) is 10.1. The van der Waals surface area contributed by atoms with Gasteiger partial charge in [0.1, 0.15) is 12.1 Å². The van der Waals surface area contributed by atoms with Gasteiger partial charge in [-0.15, -0.1) is 0 Å². The molecule has 1 unspecified atom stereocenters. The Bertz CT molecular complexity index is 1150. The van der Waals surface area contributed by atoms with Crippen LogP contribution in [0.15, 0.2) is 66.7 Å². The molecule has 0 spiro atoms. The molecule has 1 atom stereocenters. The monoisotopic (exact) mass is 499 g/mol. The summed E-state index contributed by atoms with van der Waals surface area (Å²) in [4.78, 5) is 38.9. The molecular weight excluding hydrogens is 481 g/mol. The quantitative estimate of drug-likeness (QED) is 0.423. The zero-order chi connectivity index (χ0) is 20.6. The minimum atomic E-state index is -1.22. The number of anilines is 1. The van der Waals surface area contributed by atoms with Crippen molar-refractivity contribution in [3.8, 4) is 0 Å². The lowest BCUT2D eigenvalue weighted by molar-refractivity contribution is -0.133. The molecule has 1 aliphatic rings. The van der Waals surface area contributed by atoms with Crippen molar-refractivity contribution in [2.45, 2.75) is 12.5 Å². The molecule has 1 saturated heterocycles. The average Bonchev–Trinajstić information content (AvgIpc) is 2.91. The SMILES string of the molecule is CC1(c2ccc3ccccc3c2)NC(=O)N(CC(=O)Nc2cccc(I)c2)C1=O. The molecule has 0 aliphatic carbocycles. The second-order valence-electron chi connectivity index (χ2n) is 7.07. The maximum absolute atomic E-state index is 13.1. The second-order valence-corrected chi connectivity index (χ2v) is 8.31. The van der Waals surface area contributed by atoms with Gasteiger partial charge in [0.2, 0.25) is 5.91 Å². The fourth-order valence-electron chi connectivity index (χ4n) is 3.45. The van der Waals surface area contributed by atoms with Gasteiger partial charge in [-0.05, 0) is 70.1 Å².